The molecule has 7 heteroatoms. The summed E-state index contributed by atoms with van der Waals surface area (Å²) in [5.74, 6) is -1.32. The Hall–Kier alpha value is -1.82. The average Bonchev–Trinajstić information content (AvgIpc) is 2.32. The third-order valence-corrected chi connectivity index (χ3v) is 2.20. The molecular formula is C11H8ClF2N3O. The normalized spacial score (nSPS) is 10.4. The lowest BCUT2D eigenvalue weighted by atomic mass is 10.2. The minimum absolute atomic E-state index is 0.0313. The zero-order valence-electron chi connectivity index (χ0n) is 9.32. The highest BCUT2D eigenvalue weighted by Crippen LogP contribution is 2.22. The summed E-state index contributed by atoms with van der Waals surface area (Å²) in [6.45, 7) is 2.06. The zero-order chi connectivity index (χ0) is 13.1. The van der Waals surface area contributed by atoms with Gasteiger partial charge in [0.2, 0.25) is 5.28 Å². The molecule has 0 saturated carbocycles. The van der Waals surface area contributed by atoms with Crippen LogP contribution >= 0.6 is 11.6 Å². The Morgan fingerprint density at radius 1 is 1.22 bits per heavy atom. The van der Waals surface area contributed by atoms with Crippen LogP contribution in [0.2, 0.25) is 5.28 Å². The van der Waals surface area contributed by atoms with E-state index in [1.54, 1.807) is 6.92 Å². The topological polar surface area (TPSA) is 47.9 Å². The molecule has 4 nitrogen and oxygen atoms in total. The van der Waals surface area contributed by atoms with Gasteiger partial charge in [0, 0.05) is 0 Å². The van der Waals surface area contributed by atoms with E-state index in [9.17, 15) is 8.78 Å². The van der Waals surface area contributed by atoms with Crippen molar-refractivity contribution in [1.29, 1.82) is 0 Å². The summed E-state index contributed by atoms with van der Waals surface area (Å²) in [7, 11) is 0. The first-order valence-electron chi connectivity index (χ1n) is 5.10. The molecule has 0 amide bonds. The molecule has 2 aromatic rings. The standard InChI is InChI=1S/C11H8ClF2N3O/c1-2-18-11-16-9(15-10(12)17-11)7-5-6(13)3-4-8(7)14/h3-5H,2H2,1H3. The summed E-state index contributed by atoms with van der Waals surface area (Å²) in [5, 5.41) is -0.146. The molecule has 0 unspecified atom stereocenters. The van der Waals surface area contributed by atoms with Crippen molar-refractivity contribution in [2.24, 2.45) is 0 Å². The number of hydrogen-bond acceptors (Lipinski definition) is 4. The molecule has 0 aliphatic carbocycles. The Kier molecular flexibility index (Phi) is 3.66. The van der Waals surface area contributed by atoms with Gasteiger partial charge < -0.3 is 4.74 Å². The number of rotatable bonds is 3. The second kappa shape index (κ2) is 5.22. The molecule has 0 aliphatic rings. The number of aromatic nitrogens is 3. The van der Waals surface area contributed by atoms with Crippen molar-refractivity contribution in [3.8, 4) is 17.4 Å². The van der Waals surface area contributed by atoms with Gasteiger partial charge in [-0.1, -0.05) is 0 Å². The van der Waals surface area contributed by atoms with Crippen LogP contribution < -0.4 is 4.74 Å². The fraction of sp³-hybridized carbons (Fsp3) is 0.182. The van der Waals surface area contributed by atoms with E-state index in [-0.39, 0.29) is 22.7 Å². The van der Waals surface area contributed by atoms with Crippen LogP contribution in [0.25, 0.3) is 11.4 Å². The Bertz CT molecular complexity index is 580. The molecule has 0 radical (unpaired) electrons. The van der Waals surface area contributed by atoms with E-state index in [4.69, 9.17) is 16.3 Å². The van der Waals surface area contributed by atoms with E-state index in [0.29, 0.717) is 6.61 Å². The lowest BCUT2D eigenvalue weighted by molar-refractivity contribution is 0.312. The Labute approximate surface area is 107 Å². The monoisotopic (exact) mass is 271 g/mol. The minimum atomic E-state index is -0.652. The Morgan fingerprint density at radius 3 is 2.72 bits per heavy atom. The van der Waals surface area contributed by atoms with E-state index in [0.717, 1.165) is 18.2 Å². The smallest absolute Gasteiger partial charge is 0.321 e. The maximum Gasteiger partial charge on any atom is 0.321 e. The van der Waals surface area contributed by atoms with Crippen molar-refractivity contribution in [3.63, 3.8) is 0 Å². The fourth-order valence-electron chi connectivity index (χ4n) is 1.31. The molecule has 1 heterocycles. The minimum Gasteiger partial charge on any atom is -0.464 e. The summed E-state index contributed by atoms with van der Waals surface area (Å²) in [5.41, 5.74) is -0.0970. The average molecular weight is 272 g/mol. The summed E-state index contributed by atoms with van der Waals surface area (Å²) in [6, 6.07) is 2.95. The molecule has 0 bridgehead atoms. The molecule has 2 rings (SSSR count). The van der Waals surface area contributed by atoms with Gasteiger partial charge in [-0.3, -0.25) is 0 Å². The highest BCUT2D eigenvalue weighted by atomic mass is 35.5. The van der Waals surface area contributed by atoms with Gasteiger partial charge in [-0.15, -0.1) is 0 Å². The summed E-state index contributed by atoms with van der Waals surface area (Å²) >= 11 is 5.67. The van der Waals surface area contributed by atoms with Gasteiger partial charge in [0.25, 0.3) is 0 Å². The van der Waals surface area contributed by atoms with Gasteiger partial charge in [0.05, 0.1) is 12.2 Å². The van der Waals surface area contributed by atoms with E-state index < -0.39 is 11.6 Å². The van der Waals surface area contributed by atoms with Crippen molar-refractivity contribution in [1.82, 2.24) is 15.0 Å². The van der Waals surface area contributed by atoms with Crippen LogP contribution in [0.4, 0.5) is 8.78 Å². The SMILES string of the molecule is CCOc1nc(Cl)nc(-c2cc(F)ccc2F)n1. The molecule has 18 heavy (non-hydrogen) atoms. The first-order valence-corrected chi connectivity index (χ1v) is 5.47. The van der Waals surface area contributed by atoms with Crippen molar-refractivity contribution in [2.75, 3.05) is 6.61 Å². The fourth-order valence-corrected chi connectivity index (χ4v) is 1.47. The van der Waals surface area contributed by atoms with E-state index >= 15 is 0 Å². The highest BCUT2D eigenvalue weighted by Gasteiger charge is 2.13. The lowest BCUT2D eigenvalue weighted by Crippen LogP contribution is -2.02. The van der Waals surface area contributed by atoms with Gasteiger partial charge in [0.1, 0.15) is 11.6 Å². The van der Waals surface area contributed by atoms with Crippen molar-refractivity contribution in [3.05, 3.63) is 35.1 Å². The third-order valence-electron chi connectivity index (χ3n) is 2.03. The van der Waals surface area contributed by atoms with Crippen LogP contribution in [0.15, 0.2) is 18.2 Å². The third kappa shape index (κ3) is 2.70. The van der Waals surface area contributed by atoms with Crippen LogP contribution in [0.5, 0.6) is 6.01 Å². The molecule has 1 aromatic carbocycles. The van der Waals surface area contributed by atoms with Crippen LogP contribution in [0.3, 0.4) is 0 Å². The molecular weight excluding hydrogens is 264 g/mol. The van der Waals surface area contributed by atoms with Gasteiger partial charge >= 0.3 is 6.01 Å². The predicted molar refractivity (Wildman–Crippen MR) is 61.4 cm³/mol. The maximum absolute atomic E-state index is 13.6. The lowest BCUT2D eigenvalue weighted by Gasteiger charge is -2.05. The predicted octanol–water partition coefficient (Wildman–Crippen LogP) is 2.87. The first-order chi connectivity index (χ1) is 8.60. The number of halogens is 3. The van der Waals surface area contributed by atoms with Crippen LogP contribution in [-0.4, -0.2) is 21.6 Å². The second-order valence-electron chi connectivity index (χ2n) is 3.27. The zero-order valence-corrected chi connectivity index (χ0v) is 10.1. The van der Waals surface area contributed by atoms with E-state index in [2.05, 4.69) is 15.0 Å². The van der Waals surface area contributed by atoms with Gasteiger partial charge in [-0.2, -0.15) is 15.0 Å². The Balaban J connectivity index is 2.52. The number of benzene rings is 1. The summed E-state index contributed by atoms with van der Waals surface area (Å²) < 4.78 is 31.7. The summed E-state index contributed by atoms with van der Waals surface area (Å²) in [6.07, 6.45) is 0. The number of nitrogens with zero attached hydrogens (tertiary/aromatic N) is 3. The largest absolute Gasteiger partial charge is 0.464 e. The first kappa shape index (κ1) is 12.6. The molecule has 0 saturated heterocycles. The van der Waals surface area contributed by atoms with Crippen molar-refractivity contribution in [2.45, 2.75) is 6.92 Å². The molecule has 94 valence electrons. The van der Waals surface area contributed by atoms with Crippen molar-refractivity contribution >= 4 is 11.6 Å². The molecule has 0 N–H and O–H groups in total. The van der Waals surface area contributed by atoms with Gasteiger partial charge in [-0.05, 0) is 36.7 Å². The van der Waals surface area contributed by atoms with E-state index in [1.807, 2.05) is 0 Å². The van der Waals surface area contributed by atoms with Crippen LogP contribution in [0, 0.1) is 11.6 Å². The molecule has 0 atom stereocenters. The van der Waals surface area contributed by atoms with Crippen LogP contribution in [-0.2, 0) is 0 Å². The molecule has 0 aliphatic heterocycles. The van der Waals surface area contributed by atoms with Gasteiger partial charge in [-0.25, -0.2) is 8.78 Å². The molecule has 0 fully saturated rings. The van der Waals surface area contributed by atoms with Crippen molar-refractivity contribution < 1.29 is 13.5 Å². The second-order valence-corrected chi connectivity index (χ2v) is 3.61. The maximum atomic E-state index is 13.6. The van der Waals surface area contributed by atoms with Gasteiger partial charge in [0.15, 0.2) is 5.82 Å². The van der Waals surface area contributed by atoms with Crippen LogP contribution in [0.1, 0.15) is 6.92 Å². The molecule has 0 spiro atoms. The number of ether oxygens (including phenoxy) is 1. The van der Waals surface area contributed by atoms with E-state index in [1.165, 1.54) is 0 Å². The molecule has 1 aromatic heterocycles. The summed E-state index contributed by atoms with van der Waals surface area (Å²) in [4.78, 5) is 11.3. The highest BCUT2D eigenvalue weighted by molar-refractivity contribution is 6.28. The number of hydrogen-bond donors (Lipinski definition) is 0. The Morgan fingerprint density at radius 2 is 2.00 bits per heavy atom. The quantitative estimate of drug-likeness (QED) is 0.861.